The number of amides is 2. The molecule has 0 spiro atoms. The molecule has 0 aromatic heterocycles. The molecule has 2 aromatic carbocycles. The molecule has 1 fully saturated rings. The van der Waals surface area contributed by atoms with E-state index in [1.54, 1.807) is 42.5 Å². The van der Waals surface area contributed by atoms with Gasteiger partial charge in [0.2, 0.25) is 0 Å². The minimum atomic E-state index is -4.90. The van der Waals surface area contributed by atoms with Gasteiger partial charge in [-0.2, -0.15) is 13.2 Å². The minimum absolute atomic E-state index is 0.0279. The first-order valence-corrected chi connectivity index (χ1v) is 10.9. The zero-order chi connectivity index (χ0) is 23.5. The highest BCUT2D eigenvalue weighted by atomic mass is 79.9. The number of halogens is 5. The summed E-state index contributed by atoms with van der Waals surface area (Å²) in [4.78, 5) is 26.5. The summed E-state index contributed by atoms with van der Waals surface area (Å²) >= 11 is 14.7. The van der Waals surface area contributed by atoms with Crippen molar-refractivity contribution >= 4 is 68.1 Å². The molecule has 1 aliphatic heterocycles. The van der Waals surface area contributed by atoms with E-state index in [9.17, 15) is 22.8 Å². The molecule has 0 atom stereocenters. The van der Waals surface area contributed by atoms with Gasteiger partial charge in [0, 0.05) is 35.7 Å². The number of alkyl halides is 3. The number of thiocarbonyl (C=S) groups is 1. The van der Waals surface area contributed by atoms with E-state index in [1.807, 2.05) is 4.90 Å². The summed E-state index contributed by atoms with van der Waals surface area (Å²) in [6.45, 7) is 0.218. The van der Waals surface area contributed by atoms with Crippen molar-refractivity contribution < 1.29 is 22.8 Å². The predicted molar refractivity (Wildman–Crippen MR) is 124 cm³/mol. The third-order valence-electron chi connectivity index (χ3n) is 4.70. The molecule has 0 radical (unpaired) electrons. The second-order valence-corrected chi connectivity index (χ2v) is 8.53. The van der Waals surface area contributed by atoms with E-state index in [-0.39, 0.29) is 31.3 Å². The number of hydrogen-bond acceptors (Lipinski definition) is 4. The van der Waals surface area contributed by atoms with E-state index in [2.05, 4.69) is 26.6 Å². The Kier molecular flexibility index (Phi) is 7.63. The van der Waals surface area contributed by atoms with Crippen LogP contribution in [0.15, 0.2) is 46.9 Å². The highest BCUT2D eigenvalue weighted by molar-refractivity contribution is 9.10. The van der Waals surface area contributed by atoms with Gasteiger partial charge in [-0.15, -0.1) is 0 Å². The van der Waals surface area contributed by atoms with Crippen LogP contribution in [0.2, 0.25) is 5.02 Å². The monoisotopic (exact) mass is 548 g/mol. The first-order chi connectivity index (χ1) is 15.1. The van der Waals surface area contributed by atoms with Crippen molar-refractivity contribution in [1.82, 2.24) is 10.2 Å². The Morgan fingerprint density at radius 1 is 1.06 bits per heavy atom. The van der Waals surface area contributed by atoms with Crippen molar-refractivity contribution in [2.45, 2.75) is 6.18 Å². The third kappa shape index (κ3) is 5.90. The normalized spacial score (nSPS) is 14.2. The van der Waals surface area contributed by atoms with Gasteiger partial charge in [-0.1, -0.05) is 23.7 Å². The highest BCUT2D eigenvalue weighted by Crippen LogP contribution is 2.31. The molecule has 32 heavy (non-hydrogen) atoms. The molecule has 0 bridgehead atoms. The lowest BCUT2D eigenvalue weighted by Crippen LogP contribution is -2.52. The van der Waals surface area contributed by atoms with Crippen LogP contribution in [0, 0.1) is 0 Å². The Morgan fingerprint density at radius 3 is 2.34 bits per heavy atom. The van der Waals surface area contributed by atoms with Crippen LogP contribution in [0.25, 0.3) is 0 Å². The standard InChI is InChI=1S/C20H17BrClF3N4O2S/c21-14-4-2-1-3-13(14)17(30)27-19(32)26-15-11-12(22)5-6-16(15)28-7-9-29(10-8-28)18(31)20(23,24)25/h1-6,11H,7-10H2,(H2,26,27,30,32). The van der Waals surface area contributed by atoms with Crippen molar-refractivity contribution in [3.8, 4) is 0 Å². The zero-order valence-corrected chi connectivity index (χ0v) is 19.5. The molecule has 170 valence electrons. The van der Waals surface area contributed by atoms with Gasteiger partial charge < -0.3 is 15.1 Å². The summed E-state index contributed by atoms with van der Waals surface area (Å²) in [5, 5.41) is 5.94. The summed E-state index contributed by atoms with van der Waals surface area (Å²) in [6.07, 6.45) is -4.90. The third-order valence-corrected chi connectivity index (χ3v) is 5.83. The summed E-state index contributed by atoms with van der Waals surface area (Å²) in [6, 6.07) is 11.8. The molecule has 1 heterocycles. The molecule has 1 saturated heterocycles. The van der Waals surface area contributed by atoms with Gasteiger partial charge in [0.1, 0.15) is 0 Å². The number of nitrogens with one attached hydrogen (secondary N) is 2. The average molecular weight is 550 g/mol. The number of anilines is 2. The topological polar surface area (TPSA) is 64.7 Å². The summed E-state index contributed by atoms with van der Waals surface area (Å²) < 4.78 is 38.6. The van der Waals surface area contributed by atoms with E-state index in [0.717, 1.165) is 4.90 Å². The predicted octanol–water partition coefficient (Wildman–Crippen LogP) is 4.44. The lowest BCUT2D eigenvalue weighted by Gasteiger charge is -2.37. The Morgan fingerprint density at radius 2 is 1.72 bits per heavy atom. The van der Waals surface area contributed by atoms with Crippen LogP contribution in [0.4, 0.5) is 24.5 Å². The number of piperazine rings is 1. The Bertz CT molecular complexity index is 1050. The van der Waals surface area contributed by atoms with Gasteiger partial charge in [-0.05, 0) is 58.5 Å². The summed E-state index contributed by atoms with van der Waals surface area (Å²) in [5.41, 5.74) is 1.50. The lowest BCUT2D eigenvalue weighted by atomic mass is 10.2. The molecule has 2 aromatic rings. The van der Waals surface area contributed by atoms with Crippen LogP contribution in [-0.4, -0.2) is 54.2 Å². The van der Waals surface area contributed by atoms with Gasteiger partial charge in [-0.3, -0.25) is 14.9 Å². The minimum Gasteiger partial charge on any atom is -0.366 e. The van der Waals surface area contributed by atoms with E-state index >= 15 is 0 Å². The van der Waals surface area contributed by atoms with Gasteiger partial charge >= 0.3 is 12.1 Å². The molecule has 6 nitrogen and oxygen atoms in total. The lowest BCUT2D eigenvalue weighted by molar-refractivity contribution is -0.185. The van der Waals surface area contributed by atoms with Gasteiger partial charge in [-0.25, -0.2) is 0 Å². The van der Waals surface area contributed by atoms with Gasteiger partial charge in [0.15, 0.2) is 5.11 Å². The quantitative estimate of drug-likeness (QED) is 0.555. The average Bonchev–Trinajstić information content (AvgIpc) is 2.73. The van der Waals surface area contributed by atoms with Crippen LogP contribution >= 0.6 is 39.7 Å². The fourth-order valence-corrected chi connectivity index (χ4v) is 4.02. The van der Waals surface area contributed by atoms with Crippen molar-refractivity contribution in [3.63, 3.8) is 0 Å². The molecule has 2 N–H and O–H groups in total. The van der Waals surface area contributed by atoms with Crippen molar-refractivity contribution in [2.75, 3.05) is 36.4 Å². The Balaban J connectivity index is 1.69. The molecule has 3 rings (SSSR count). The molecule has 0 saturated carbocycles. The van der Waals surface area contributed by atoms with Gasteiger partial charge in [0.05, 0.1) is 16.9 Å². The van der Waals surface area contributed by atoms with Crippen LogP contribution in [0.3, 0.4) is 0 Å². The molecule has 12 heteroatoms. The summed E-state index contributed by atoms with van der Waals surface area (Å²) in [7, 11) is 0. The molecule has 0 aliphatic carbocycles. The first kappa shape index (κ1) is 24.3. The largest absolute Gasteiger partial charge is 0.471 e. The highest BCUT2D eigenvalue weighted by Gasteiger charge is 2.43. The van der Waals surface area contributed by atoms with Crippen LogP contribution < -0.4 is 15.5 Å². The number of hydrogen-bond donors (Lipinski definition) is 2. The fraction of sp³-hybridized carbons (Fsp3) is 0.250. The Labute approximate surface area is 200 Å². The maximum absolute atomic E-state index is 12.7. The number of carbonyl (C=O) groups excluding carboxylic acids is 2. The van der Waals surface area contributed by atoms with Crippen LogP contribution in [0.1, 0.15) is 10.4 Å². The Hall–Kier alpha value is -2.37. The number of rotatable bonds is 3. The van der Waals surface area contributed by atoms with Crippen LogP contribution in [-0.2, 0) is 4.79 Å². The second kappa shape index (κ2) is 10.1. The van der Waals surface area contributed by atoms with Crippen LogP contribution in [0.5, 0.6) is 0 Å². The molecule has 0 unspecified atom stereocenters. The smallest absolute Gasteiger partial charge is 0.366 e. The van der Waals surface area contributed by atoms with E-state index < -0.39 is 18.0 Å². The molecular weight excluding hydrogens is 533 g/mol. The van der Waals surface area contributed by atoms with E-state index in [0.29, 0.717) is 26.4 Å². The number of benzene rings is 2. The number of carbonyl (C=O) groups is 2. The molecule has 2 amide bonds. The van der Waals surface area contributed by atoms with E-state index in [4.69, 9.17) is 23.8 Å². The summed E-state index contributed by atoms with van der Waals surface area (Å²) in [5.74, 6) is -2.26. The van der Waals surface area contributed by atoms with Crippen molar-refractivity contribution in [1.29, 1.82) is 0 Å². The zero-order valence-electron chi connectivity index (χ0n) is 16.4. The maximum Gasteiger partial charge on any atom is 0.471 e. The fourth-order valence-electron chi connectivity index (χ4n) is 3.18. The number of nitrogens with zero attached hydrogens (tertiary/aromatic N) is 2. The van der Waals surface area contributed by atoms with E-state index in [1.165, 1.54) is 0 Å². The SMILES string of the molecule is O=C(NC(=S)Nc1cc(Cl)ccc1N1CCN(C(=O)C(F)(F)F)CC1)c1ccccc1Br. The first-order valence-electron chi connectivity index (χ1n) is 9.33. The maximum atomic E-state index is 12.7. The molecular formula is C20H17BrClF3N4O2S. The van der Waals surface area contributed by atoms with Crippen molar-refractivity contribution in [3.05, 3.63) is 57.5 Å². The molecule has 1 aliphatic rings. The van der Waals surface area contributed by atoms with Crippen molar-refractivity contribution in [2.24, 2.45) is 0 Å². The second-order valence-electron chi connectivity index (χ2n) is 6.83. The van der Waals surface area contributed by atoms with Gasteiger partial charge in [0.25, 0.3) is 5.91 Å².